The lowest BCUT2D eigenvalue weighted by Gasteiger charge is -2.41. The fraction of sp³-hybridized carbons (Fsp3) is 0.458. The van der Waals surface area contributed by atoms with Crippen molar-refractivity contribution in [2.24, 2.45) is 11.8 Å². The highest BCUT2D eigenvalue weighted by Gasteiger charge is 2.55. The molecule has 1 atom stereocenters. The minimum absolute atomic E-state index is 0.0626. The van der Waals surface area contributed by atoms with Crippen LogP contribution < -0.4 is 9.47 Å². The summed E-state index contributed by atoms with van der Waals surface area (Å²) in [5.41, 5.74) is -0.575. The number of aliphatic hydroxyl groups is 4. The van der Waals surface area contributed by atoms with Gasteiger partial charge < -0.3 is 40.1 Å². The van der Waals surface area contributed by atoms with Crippen molar-refractivity contribution in [3.05, 3.63) is 47.0 Å². The Labute approximate surface area is 196 Å². The number of phenolic OH excluding ortho intramolecular Hbond substituents is 2. The van der Waals surface area contributed by atoms with Crippen molar-refractivity contribution in [3.63, 3.8) is 0 Å². The first-order valence-electron chi connectivity index (χ1n) is 11.0. The van der Waals surface area contributed by atoms with Crippen LogP contribution in [0.15, 0.2) is 30.3 Å². The van der Waals surface area contributed by atoms with Crippen LogP contribution in [0.5, 0.6) is 23.0 Å². The number of carbonyl (C=O) groups excluding carboxylic acids is 1. The molecule has 10 heteroatoms. The Hall–Kier alpha value is -2.89. The first-order valence-corrected chi connectivity index (χ1v) is 11.0. The monoisotopic (exact) mass is 475 g/mol. The second kappa shape index (κ2) is 8.71. The molecule has 0 spiro atoms. The Morgan fingerprint density at radius 2 is 1.56 bits per heavy atom. The van der Waals surface area contributed by atoms with E-state index in [0.29, 0.717) is 31.5 Å². The topological polar surface area (TPSA) is 160 Å². The number of Topliss-reactive ketones (excluding diaryl/α,β-unsaturated/α-hetero) is 1. The lowest BCUT2D eigenvalue weighted by molar-refractivity contribution is -0.281. The Balaban J connectivity index is 1.54. The molecule has 6 N–H and O–H groups in total. The number of benzene rings is 2. The van der Waals surface area contributed by atoms with Crippen molar-refractivity contribution in [2.75, 3.05) is 27.3 Å². The van der Waals surface area contributed by atoms with Gasteiger partial charge in [0, 0.05) is 18.7 Å². The molecule has 2 aromatic carbocycles. The maximum atomic E-state index is 13.2. The van der Waals surface area contributed by atoms with Gasteiger partial charge in [0.15, 0.2) is 17.3 Å². The molecule has 34 heavy (non-hydrogen) atoms. The number of hydrogen-bond donors (Lipinski definition) is 6. The van der Waals surface area contributed by atoms with Crippen LogP contribution in [-0.4, -0.2) is 68.6 Å². The quantitative estimate of drug-likeness (QED) is 0.262. The molecular formula is C24H29NO9. The van der Waals surface area contributed by atoms with Gasteiger partial charge in [-0.2, -0.15) is 0 Å². The first-order chi connectivity index (χ1) is 16.1. The molecule has 1 unspecified atom stereocenters. The van der Waals surface area contributed by atoms with Crippen LogP contribution >= 0.6 is 0 Å². The number of methoxy groups -OCH3 is 2. The van der Waals surface area contributed by atoms with Crippen molar-refractivity contribution in [1.82, 2.24) is 4.90 Å². The highest BCUT2D eigenvalue weighted by Crippen LogP contribution is 2.57. The van der Waals surface area contributed by atoms with Gasteiger partial charge in [-0.1, -0.05) is 30.3 Å². The molecule has 4 rings (SSSR count). The molecule has 0 bridgehead atoms. The number of ether oxygens (including phenoxy) is 2. The van der Waals surface area contributed by atoms with Crippen LogP contribution in [0.2, 0.25) is 0 Å². The van der Waals surface area contributed by atoms with Crippen LogP contribution in [0.4, 0.5) is 0 Å². The molecule has 0 amide bonds. The number of ketones is 1. The van der Waals surface area contributed by atoms with Gasteiger partial charge in [0.2, 0.25) is 17.3 Å². The molecule has 1 saturated heterocycles. The Kier molecular flexibility index (Phi) is 6.21. The molecule has 0 radical (unpaired) electrons. The molecule has 0 aromatic heterocycles. The highest BCUT2D eigenvalue weighted by atomic mass is 16.5. The summed E-state index contributed by atoms with van der Waals surface area (Å²) in [6.45, 7) is 0.616. The fourth-order valence-corrected chi connectivity index (χ4v) is 5.12. The van der Waals surface area contributed by atoms with E-state index in [0.717, 1.165) is 0 Å². The zero-order chi connectivity index (χ0) is 24.8. The summed E-state index contributed by atoms with van der Waals surface area (Å²) in [5.74, 6) is -8.98. The molecule has 0 saturated carbocycles. The van der Waals surface area contributed by atoms with E-state index < -0.39 is 46.0 Å². The van der Waals surface area contributed by atoms with Gasteiger partial charge in [-0.15, -0.1) is 0 Å². The van der Waals surface area contributed by atoms with Crippen molar-refractivity contribution in [1.29, 1.82) is 0 Å². The van der Waals surface area contributed by atoms with E-state index in [4.69, 9.17) is 9.47 Å². The van der Waals surface area contributed by atoms with E-state index in [9.17, 15) is 35.4 Å². The molecular weight excluding hydrogens is 446 g/mol. The SMILES string of the molecule is COc1c(O)c2c(c(O)c1OC)C(O)(O)C(CC1CCN(C(O)(O)c3ccccc3)CC1)C2=O. The van der Waals surface area contributed by atoms with E-state index in [1.54, 1.807) is 30.3 Å². The smallest absolute Gasteiger partial charge is 0.253 e. The van der Waals surface area contributed by atoms with Crippen LogP contribution in [0.3, 0.4) is 0 Å². The van der Waals surface area contributed by atoms with Gasteiger partial charge >= 0.3 is 0 Å². The molecule has 10 nitrogen and oxygen atoms in total. The third-order valence-corrected chi connectivity index (χ3v) is 6.97. The van der Waals surface area contributed by atoms with Crippen molar-refractivity contribution < 1.29 is 44.9 Å². The minimum Gasteiger partial charge on any atom is -0.504 e. The Morgan fingerprint density at radius 1 is 1.00 bits per heavy atom. The van der Waals surface area contributed by atoms with Gasteiger partial charge in [-0.3, -0.25) is 4.79 Å². The molecule has 1 fully saturated rings. The molecule has 2 aliphatic rings. The number of fused-ring (bicyclic) bond motifs is 1. The molecule has 2 aromatic rings. The fourth-order valence-electron chi connectivity index (χ4n) is 5.12. The van der Waals surface area contributed by atoms with Gasteiger partial charge in [-0.05, 0) is 25.2 Å². The summed E-state index contributed by atoms with van der Waals surface area (Å²) < 4.78 is 10.1. The van der Waals surface area contributed by atoms with Crippen molar-refractivity contribution >= 4 is 5.78 Å². The molecule has 1 aliphatic heterocycles. The van der Waals surface area contributed by atoms with E-state index >= 15 is 0 Å². The Morgan fingerprint density at radius 3 is 2.12 bits per heavy atom. The minimum atomic E-state index is -2.73. The molecule has 184 valence electrons. The highest BCUT2D eigenvalue weighted by molar-refractivity contribution is 6.07. The van der Waals surface area contributed by atoms with Crippen LogP contribution in [0, 0.1) is 11.8 Å². The van der Waals surface area contributed by atoms with Crippen molar-refractivity contribution in [2.45, 2.75) is 31.0 Å². The van der Waals surface area contributed by atoms with Crippen LogP contribution in [0.1, 0.15) is 40.7 Å². The van der Waals surface area contributed by atoms with E-state index in [-0.39, 0.29) is 23.8 Å². The summed E-state index contributed by atoms with van der Waals surface area (Å²) in [5, 5.41) is 64.3. The largest absolute Gasteiger partial charge is 0.504 e. The van der Waals surface area contributed by atoms with Gasteiger partial charge in [0.05, 0.1) is 31.3 Å². The summed E-state index contributed by atoms with van der Waals surface area (Å²) in [6.07, 6.45) is 1.00. The standard InChI is InChI=1S/C24H29NO9/c1-33-21-19(27)16-17(20(28)22(21)34-2)23(29,30)15(18(16)26)12-13-8-10-25(11-9-13)24(31,32)14-6-4-3-5-7-14/h3-7,13,15,27-32H,8-12H2,1-2H3. The number of likely N-dealkylation sites (tertiary alicyclic amines) is 1. The van der Waals surface area contributed by atoms with Crippen molar-refractivity contribution in [3.8, 4) is 23.0 Å². The van der Waals surface area contributed by atoms with E-state index in [1.807, 2.05) is 0 Å². The average Bonchev–Trinajstić information content (AvgIpc) is 3.02. The second-order valence-corrected chi connectivity index (χ2v) is 8.82. The lowest BCUT2D eigenvalue weighted by atomic mass is 9.83. The summed E-state index contributed by atoms with van der Waals surface area (Å²) in [4.78, 5) is 14.7. The number of aromatic hydroxyl groups is 2. The van der Waals surface area contributed by atoms with Gasteiger partial charge in [-0.25, -0.2) is 4.90 Å². The zero-order valence-electron chi connectivity index (χ0n) is 18.9. The van der Waals surface area contributed by atoms with Gasteiger partial charge in [0.25, 0.3) is 5.91 Å². The third kappa shape index (κ3) is 3.68. The van der Waals surface area contributed by atoms with E-state index in [1.165, 1.54) is 19.1 Å². The first kappa shape index (κ1) is 24.2. The third-order valence-electron chi connectivity index (χ3n) is 6.97. The molecule has 1 heterocycles. The normalized spacial score (nSPS) is 20.9. The number of nitrogens with zero attached hydrogens (tertiary/aromatic N) is 1. The number of hydrogen-bond acceptors (Lipinski definition) is 10. The summed E-state index contributed by atoms with van der Waals surface area (Å²) in [6, 6.07) is 8.44. The van der Waals surface area contributed by atoms with Gasteiger partial charge in [0.1, 0.15) is 0 Å². The summed E-state index contributed by atoms with van der Waals surface area (Å²) in [7, 11) is 2.43. The van der Waals surface area contributed by atoms with E-state index in [2.05, 4.69) is 0 Å². The van der Waals surface area contributed by atoms with Crippen LogP contribution in [-0.2, 0) is 11.7 Å². The number of phenols is 2. The number of piperidine rings is 1. The predicted molar refractivity (Wildman–Crippen MR) is 118 cm³/mol. The zero-order valence-corrected chi connectivity index (χ0v) is 18.9. The lowest BCUT2D eigenvalue weighted by Crippen LogP contribution is -2.50. The average molecular weight is 475 g/mol. The maximum absolute atomic E-state index is 13.2. The van der Waals surface area contributed by atoms with Crippen LogP contribution in [0.25, 0.3) is 0 Å². The number of rotatable bonds is 6. The second-order valence-electron chi connectivity index (χ2n) is 8.82. The summed E-state index contributed by atoms with van der Waals surface area (Å²) >= 11 is 0. The number of carbonyl (C=O) groups is 1. The predicted octanol–water partition coefficient (Wildman–Crippen LogP) is 0.962. The molecule has 1 aliphatic carbocycles. The maximum Gasteiger partial charge on any atom is 0.253 e. The Bertz CT molecular complexity index is 1080.